The first kappa shape index (κ1) is 20.1. The van der Waals surface area contributed by atoms with E-state index < -0.39 is 17.7 Å². The molecule has 2 aromatic carbocycles. The number of rotatable bonds is 5. The average molecular weight is 389 g/mol. The van der Waals surface area contributed by atoms with Gasteiger partial charge in [0.1, 0.15) is 17.6 Å². The van der Waals surface area contributed by atoms with Crippen LogP contribution < -0.4 is 9.47 Å². The van der Waals surface area contributed by atoms with Gasteiger partial charge in [-0.3, -0.25) is 4.79 Å². The molecule has 1 atom stereocenters. The number of carbonyl (C=O) groups excluding carboxylic acids is 1. The fourth-order valence-electron chi connectivity index (χ4n) is 3.27. The monoisotopic (exact) mass is 389 g/mol. The molecule has 1 saturated heterocycles. The normalized spacial score (nSPS) is 16.0. The van der Waals surface area contributed by atoms with E-state index in [2.05, 4.69) is 6.07 Å². The third-order valence-electron chi connectivity index (χ3n) is 4.94. The molecule has 0 radical (unpaired) electrons. The van der Waals surface area contributed by atoms with Gasteiger partial charge in [-0.15, -0.1) is 0 Å². The van der Waals surface area contributed by atoms with E-state index in [-0.39, 0.29) is 17.8 Å². The van der Waals surface area contributed by atoms with Crippen molar-refractivity contribution in [2.45, 2.75) is 45.8 Å². The Morgan fingerprint density at radius 3 is 2.46 bits per heavy atom. The molecule has 28 heavy (non-hydrogen) atoms. The fraction of sp³-hybridized carbons (Fsp3) is 0.409. The Labute approximate surface area is 164 Å². The third-order valence-corrected chi connectivity index (χ3v) is 4.94. The predicted octanol–water partition coefficient (Wildman–Crippen LogP) is 4.42. The van der Waals surface area contributed by atoms with E-state index in [0.29, 0.717) is 13.1 Å². The maximum Gasteiger partial charge on any atom is 0.263 e. The summed E-state index contributed by atoms with van der Waals surface area (Å²) in [5.41, 5.74) is 2.24. The minimum absolute atomic E-state index is 0.0620. The zero-order valence-electron chi connectivity index (χ0n) is 16.4. The quantitative estimate of drug-likeness (QED) is 0.760. The van der Waals surface area contributed by atoms with Gasteiger partial charge in [0.15, 0.2) is 17.7 Å². The Bertz CT molecular complexity index is 848. The summed E-state index contributed by atoms with van der Waals surface area (Å²) < 4.78 is 37.9. The first-order valence-electron chi connectivity index (χ1n) is 9.48. The van der Waals surface area contributed by atoms with Gasteiger partial charge in [0.25, 0.3) is 5.91 Å². The topological polar surface area (TPSA) is 38.8 Å². The maximum atomic E-state index is 13.3. The summed E-state index contributed by atoms with van der Waals surface area (Å²) in [7, 11) is 0. The van der Waals surface area contributed by atoms with Crippen LogP contribution in [0.25, 0.3) is 0 Å². The first-order valence-corrected chi connectivity index (χ1v) is 9.48. The average Bonchev–Trinajstić information content (AvgIpc) is 2.67. The van der Waals surface area contributed by atoms with Gasteiger partial charge in [0, 0.05) is 32.0 Å². The first-order chi connectivity index (χ1) is 13.3. The third kappa shape index (κ3) is 4.80. The van der Waals surface area contributed by atoms with Crippen LogP contribution in [-0.2, 0) is 4.79 Å². The summed E-state index contributed by atoms with van der Waals surface area (Å²) in [5.74, 6) is -1.10. The number of amides is 1. The van der Waals surface area contributed by atoms with Crippen LogP contribution in [0.3, 0.4) is 0 Å². The molecule has 2 aromatic rings. The van der Waals surface area contributed by atoms with Crippen LogP contribution in [0.2, 0.25) is 0 Å². The molecule has 3 rings (SSSR count). The summed E-state index contributed by atoms with van der Waals surface area (Å²) >= 11 is 0. The van der Waals surface area contributed by atoms with Crippen molar-refractivity contribution in [3.05, 3.63) is 59.2 Å². The molecule has 1 aliphatic rings. The van der Waals surface area contributed by atoms with Crippen LogP contribution in [0.1, 0.15) is 30.9 Å². The second-order valence-electron chi connectivity index (χ2n) is 7.25. The molecule has 4 nitrogen and oxygen atoms in total. The lowest BCUT2D eigenvalue weighted by molar-refractivity contribution is -0.139. The van der Waals surface area contributed by atoms with Crippen LogP contribution in [0.4, 0.5) is 8.78 Å². The summed E-state index contributed by atoms with van der Waals surface area (Å²) in [4.78, 5) is 14.3. The Morgan fingerprint density at radius 2 is 1.79 bits per heavy atom. The lowest BCUT2D eigenvalue weighted by atomic mass is 10.1. The number of ether oxygens (including phenoxy) is 2. The highest BCUT2D eigenvalue weighted by Gasteiger charge is 2.28. The van der Waals surface area contributed by atoms with Gasteiger partial charge in [-0.1, -0.05) is 12.1 Å². The van der Waals surface area contributed by atoms with Gasteiger partial charge in [0.2, 0.25) is 0 Å². The molecule has 0 saturated carbocycles. The number of halogens is 2. The van der Waals surface area contributed by atoms with E-state index >= 15 is 0 Å². The van der Waals surface area contributed by atoms with E-state index in [1.807, 2.05) is 26.0 Å². The summed E-state index contributed by atoms with van der Waals surface area (Å²) in [5, 5.41) is 0. The Hall–Kier alpha value is -2.63. The van der Waals surface area contributed by atoms with Crippen LogP contribution >= 0.6 is 0 Å². The SMILES string of the molecule is Cc1ccc(C)c(OC2CCN(C(=O)C(C)Oc3ccc(F)c(F)c3)CC2)c1. The summed E-state index contributed by atoms with van der Waals surface area (Å²) in [6.45, 7) is 6.80. The van der Waals surface area contributed by atoms with Crippen molar-refractivity contribution < 1.29 is 23.0 Å². The Morgan fingerprint density at radius 1 is 1.07 bits per heavy atom. The molecule has 0 aliphatic carbocycles. The van der Waals surface area contributed by atoms with Gasteiger partial charge in [-0.05, 0) is 50.1 Å². The number of benzene rings is 2. The molecule has 1 heterocycles. The van der Waals surface area contributed by atoms with E-state index in [4.69, 9.17) is 9.47 Å². The van der Waals surface area contributed by atoms with Crippen LogP contribution in [0.15, 0.2) is 36.4 Å². The zero-order chi connectivity index (χ0) is 20.3. The molecule has 0 aromatic heterocycles. The van der Waals surface area contributed by atoms with E-state index in [0.717, 1.165) is 41.9 Å². The van der Waals surface area contributed by atoms with Crippen molar-refractivity contribution in [3.8, 4) is 11.5 Å². The lowest BCUT2D eigenvalue weighted by Gasteiger charge is -2.34. The lowest BCUT2D eigenvalue weighted by Crippen LogP contribution is -2.46. The summed E-state index contributed by atoms with van der Waals surface area (Å²) in [6.07, 6.45) is 0.752. The molecular weight excluding hydrogens is 364 g/mol. The standard InChI is InChI=1S/C22H25F2NO3/c1-14-4-5-15(2)21(12-14)28-17-8-10-25(11-9-17)22(26)16(3)27-18-6-7-19(23)20(24)13-18/h4-7,12-13,16-17H,8-11H2,1-3H3. The van der Waals surface area contributed by atoms with Gasteiger partial charge in [-0.2, -0.15) is 0 Å². The van der Waals surface area contributed by atoms with E-state index in [1.165, 1.54) is 6.07 Å². The van der Waals surface area contributed by atoms with Gasteiger partial charge in [0.05, 0.1) is 0 Å². The van der Waals surface area contributed by atoms with Crippen molar-refractivity contribution in [2.75, 3.05) is 13.1 Å². The smallest absolute Gasteiger partial charge is 0.263 e. The van der Waals surface area contributed by atoms with Crippen molar-refractivity contribution >= 4 is 5.91 Å². The van der Waals surface area contributed by atoms with Crippen molar-refractivity contribution in [3.63, 3.8) is 0 Å². The molecule has 6 heteroatoms. The van der Waals surface area contributed by atoms with Crippen molar-refractivity contribution in [1.29, 1.82) is 0 Å². The van der Waals surface area contributed by atoms with Crippen molar-refractivity contribution in [2.24, 2.45) is 0 Å². The zero-order valence-corrected chi connectivity index (χ0v) is 16.4. The molecule has 1 amide bonds. The number of hydrogen-bond acceptors (Lipinski definition) is 3. The van der Waals surface area contributed by atoms with E-state index in [1.54, 1.807) is 11.8 Å². The molecule has 0 spiro atoms. The minimum Gasteiger partial charge on any atom is -0.490 e. The van der Waals surface area contributed by atoms with Gasteiger partial charge in [-0.25, -0.2) is 8.78 Å². The molecule has 1 unspecified atom stereocenters. The molecule has 150 valence electrons. The highest BCUT2D eigenvalue weighted by Crippen LogP contribution is 2.24. The van der Waals surface area contributed by atoms with Gasteiger partial charge >= 0.3 is 0 Å². The number of hydrogen-bond donors (Lipinski definition) is 0. The highest BCUT2D eigenvalue weighted by molar-refractivity contribution is 5.81. The fourth-order valence-corrected chi connectivity index (χ4v) is 3.27. The van der Waals surface area contributed by atoms with Crippen LogP contribution in [-0.4, -0.2) is 36.1 Å². The van der Waals surface area contributed by atoms with Gasteiger partial charge < -0.3 is 14.4 Å². The summed E-state index contributed by atoms with van der Waals surface area (Å²) in [6, 6.07) is 9.37. The second-order valence-corrected chi connectivity index (χ2v) is 7.25. The number of nitrogens with zero attached hydrogens (tertiary/aromatic N) is 1. The Kier molecular flexibility index (Phi) is 6.17. The Balaban J connectivity index is 1.52. The number of carbonyl (C=O) groups is 1. The van der Waals surface area contributed by atoms with Crippen LogP contribution in [0, 0.1) is 25.5 Å². The number of likely N-dealkylation sites (tertiary alicyclic amines) is 1. The molecule has 0 bridgehead atoms. The van der Waals surface area contributed by atoms with Crippen LogP contribution in [0.5, 0.6) is 11.5 Å². The molecular formula is C22H25F2NO3. The number of aryl methyl sites for hydroxylation is 2. The predicted molar refractivity (Wildman–Crippen MR) is 103 cm³/mol. The maximum absolute atomic E-state index is 13.3. The largest absolute Gasteiger partial charge is 0.490 e. The second kappa shape index (κ2) is 8.59. The minimum atomic E-state index is -0.999. The molecule has 1 fully saturated rings. The number of piperidine rings is 1. The van der Waals surface area contributed by atoms with E-state index in [9.17, 15) is 13.6 Å². The van der Waals surface area contributed by atoms with Crippen molar-refractivity contribution in [1.82, 2.24) is 4.90 Å². The highest BCUT2D eigenvalue weighted by atomic mass is 19.2. The molecule has 1 aliphatic heterocycles. The molecule has 0 N–H and O–H groups in total.